The standard InChI is InChI=1S/C17H15BrN2O2/c1-11-3-6-13(7-4-11)17-19-16(22-20-17)10-21-15-8-5-12(2)9-14(15)18/h3-9H,10H2,1-2H3. The second-order valence-corrected chi connectivity index (χ2v) is 5.95. The van der Waals surface area contributed by atoms with Crippen LogP contribution in [0.25, 0.3) is 11.4 Å². The maximum Gasteiger partial charge on any atom is 0.264 e. The van der Waals surface area contributed by atoms with Crippen molar-refractivity contribution >= 4 is 15.9 Å². The van der Waals surface area contributed by atoms with Crippen molar-refractivity contribution in [2.75, 3.05) is 0 Å². The lowest BCUT2D eigenvalue weighted by Crippen LogP contribution is -1.96. The van der Waals surface area contributed by atoms with Crippen LogP contribution in [-0.4, -0.2) is 10.1 Å². The highest BCUT2D eigenvalue weighted by molar-refractivity contribution is 9.10. The van der Waals surface area contributed by atoms with Gasteiger partial charge in [-0.05, 0) is 47.5 Å². The summed E-state index contributed by atoms with van der Waals surface area (Å²) < 4.78 is 11.8. The maximum absolute atomic E-state index is 5.70. The summed E-state index contributed by atoms with van der Waals surface area (Å²) in [5.41, 5.74) is 3.29. The molecule has 0 saturated carbocycles. The average Bonchev–Trinajstić information content (AvgIpc) is 2.96. The molecule has 0 unspecified atom stereocenters. The molecule has 1 heterocycles. The molecule has 5 heteroatoms. The van der Waals surface area contributed by atoms with E-state index < -0.39 is 0 Å². The Balaban J connectivity index is 1.70. The van der Waals surface area contributed by atoms with Gasteiger partial charge in [0.15, 0.2) is 6.61 Å². The highest BCUT2D eigenvalue weighted by Gasteiger charge is 2.10. The van der Waals surface area contributed by atoms with E-state index in [2.05, 4.69) is 26.1 Å². The number of hydrogen-bond acceptors (Lipinski definition) is 4. The Hall–Kier alpha value is -2.14. The summed E-state index contributed by atoms with van der Waals surface area (Å²) >= 11 is 3.48. The van der Waals surface area contributed by atoms with E-state index in [4.69, 9.17) is 9.26 Å². The SMILES string of the molecule is Cc1ccc(-c2noc(COc3ccc(C)cc3Br)n2)cc1. The quantitative estimate of drug-likeness (QED) is 0.678. The van der Waals surface area contributed by atoms with Crippen molar-refractivity contribution in [2.45, 2.75) is 20.5 Å². The Morgan fingerprint density at radius 3 is 2.50 bits per heavy atom. The number of benzene rings is 2. The minimum atomic E-state index is 0.237. The first-order valence-electron chi connectivity index (χ1n) is 6.90. The van der Waals surface area contributed by atoms with Crippen LogP contribution in [0.15, 0.2) is 51.5 Å². The van der Waals surface area contributed by atoms with Crippen molar-refractivity contribution in [1.29, 1.82) is 0 Å². The number of halogens is 1. The Bertz CT molecular complexity index is 782. The van der Waals surface area contributed by atoms with Crippen molar-refractivity contribution in [1.82, 2.24) is 10.1 Å². The first kappa shape index (κ1) is 14.8. The Morgan fingerprint density at radius 1 is 1.05 bits per heavy atom. The zero-order chi connectivity index (χ0) is 15.5. The number of aromatic nitrogens is 2. The van der Waals surface area contributed by atoms with Crippen LogP contribution in [0.2, 0.25) is 0 Å². The summed E-state index contributed by atoms with van der Waals surface area (Å²) in [6.45, 7) is 4.31. The van der Waals surface area contributed by atoms with Gasteiger partial charge in [0.25, 0.3) is 5.89 Å². The molecule has 0 fully saturated rings. The van der Waals surface area contributed by atoms with Gasteiger partial charge >= 0.3 is 0 Å². The summed E-state index contributed by atoms with van der Waals surface area (Å²) in [5.74, 6) is 1.77. The van der Waals surface area contributed by atoms with E-state index in [0.717, 1.165) is 15.8 Å². The zero-order valence-electron chi connectivity index (χ0n) is 12.3. The van der Waals surface area contributed by atoms with Crippen LogP contribution in [0.3, 0.4) is 0 Å². The molecule has 0 bridgehead atoms. The molecule has 0 radical (unpaired) electrons. The van der Waals surface area contributed by atoms with Gasteiger partial charge in [-0.15, -0.1) is 0 Å². The second kappa shape index (κ2) is 6.32. The van der Waals surface area contributed by atoms with Crippen LogP contribution in [0, 0.1) is 13.8 Å². The molecule has 0 aliphatic carbocycles. The molecule has 0 saturated heterocycles. The van der Waals surface area contributed by atoms with Crippen LogP contribution >= 0.6 is 15.9 Å². The lowest BCUT2D eigenvalue weighted by molar-refractivity contribution is 0.242. The van der Waals surface area contributed by atoms with E-state index in [1.165, 1.54) is 11.1 Å². The molecule has 0 N–H and O–H groups in total. The Kier molecular flexibility index (Phi) is 4.24. The molecule has 4 nitrogen and oxygen atoms in total. The van der Waals surface area contributed by atoms with E-state index in [1.54, 1.807) is 0 Å². The van der Waals surface area contributed by atoms with Crippen LogP contribution in [0.4, 0.5) is 0 Å². The molecule has 0 aliphatic rings. The van der Waals surface area contributed by atoms with Gasteiger partial charge in [-0.25, -0.2) is 0 Å². The smallest absolute Gasteiger partial charge is 0.264 e. The van der Waals surface area contributed by atoms with Crippen molar-refractivity contribution < 1.29 is 9.26 Å². The summed E-state index contributed by atoms with van der Waals surface area (Å²) in [6.07, 6.45) is 0. The van der Waals surface area contributed by atoms with Gasteiger partial charge < -0.3 is 9.26 Å². The molecule has 112 valence electrons. The van der Waals surface area contributed by atoms with Crippen LogP contribution in [-0.2, 0) is 6.61 Å². The Morgan fingerprint density at radius 2 is 1.77 bits per heavy atom. The summed E-state index contributed by atoms with van der Waals surface area (Å²) in [5, 5.41) is 3.99. The molecular formula is C17H15BrN2O2. The molecule has 0 atom stereocenters. The number of ether oxygens (including phenoxy) is 1. The molecule has 2 aromatic carbocycles. The summed E-state index contributed by atoms with van der Waals surface area (Å²) in [4.78, 5) is 4.35. The second-order valence-electron chi connectivity index (χ2n) is 5.10. The van der Waals surface area contributed by atoms with E-state index in [9.17, 15) is 0 Å². The minimum Gasteiger partial charge on any atom is -0.483 e. The molecule has 3 aromatic rings. The van der Waals surface area contributed by atoms with E-state index >= 15 is 0 Å². The fraction of sp³-hybridized carbons (Fsp3) is 0.176. The number of aryl methyl sites for hydroxylation is 2. The molecule has 0 spiro atoms. The van der Waals surface area contributed by atoms with Crippen molar-refractivity contribution in [2.24, 2.45) is 0 Å². The van der Waals surface area contributed by atoms with Gasteiger partial charge in [0.2, 0.25) is 5.82 Å². The van der Waals surface area contributed by atoms with Gasteiger partial charge in [0, 0.05) is 5.56 Å². The van der Waals surface area contributed by atoms with E-state index in [-0.39, 0.29) is 6.61 Å². The predicted molar refractivity (Wildman–Crippen MR) is 87.7 cm³/mol. The first-order chi connectivity index (χ1) is 10.6. The highest BCUT2D eigenvalue weighted by atomic mass is 79.9. The van der Waals surface area contributed by atoms with Crippen LogP contribution < -0.4 is 4.74 Å². The van der Waals surface area contributed by atoms with Crippen molar-refractivity contribution in [3.05, 3.63) is 64.0 Å². The zero-order valence-corrected chi connectivity index (χ0v) is 13.9. The third-order valence-electron chi connectivity index (χ3n) is 3.22. The molecule has 22 heavy (non-hydrogen) atoms. The molecule has 3 rings (SSSR count). The average molecular weight is 359 g/mol. The first-order valence-corrected chi connectivity index (χ1v) is 7.70. The topological polar surface area (TPSA) is 48.2 Å². The fourth-order valence-electron chi connectivity index (χ4n) is 2.00. The lowest BCUT2D eigenvalue weighted by Gasteiger charge is -2.06. The molecule has 1 aromatic heterocycles. The van der Waals surface area contributed by atoms with Gasteiger partial charge in [0.05, 0.1) is 4.47 Å². The normalized spacial score (nSPS) is 10.7. The largest absolute Gasteiger partial charge is 0.483 e. The van der Waals surface area contributed by atoms with Gasteiger partial charge in [-0.2, -0.15) is 4.98 Å². The van der Waals surface area contributed by atoms with E-state index in [1.807, 2.05) is 56.3 Å². The lowest BCUT2D eigenvalue weighted by atomic mass is 10.1. The number of rotatable bonds is 4. The summed E-state index contributed by atoms with van der Waals surface area (Å²) in [7, 11) is 0. The maximum atomic E-state index is 5.70. The van der Waals surface area contributed by atoms with Crippen LogP contribution in [0.1, 0.15) is 17.0 Å². The van der Waals surface area contributed by atoms with Crippen molar-refractivity contribution in [3.8, 4) is 17.1 Å². The van der Waals surface area contributed by atoms with Crippen LogP contribution in [0.5, 0.6) is 5.75 Å². The Labute approximate surface area is 137 Å². The highest BCUT2D eigenvalue weighted by Crippen LogP contribution is 2.26. The number of nitrogens with zero attached hydrogens (tertiary/aromatic N) is 2. The third-order valence-corrected chi connectivity index (χ3v) is 3.84. The molecule has 0 aliphatic heterocycles. The minimum absolute atomic E-state index is 0.237. The third kappa shape index (κ3) is 3.36. The fourth-order valence-corrected chi connectivity index (χ4v) is 2.60. The van der Waals surface area contributed by atoms with Gasteiger partial charge in [-0.3, -0.25) is 0 Å². The van der Waals surface area contributed by atoms with Crippen molar-refractivity contribution in [3.63, 3.8) is 0 Å². The van der Waals surface area contributed by atoms with E-state index in [0.29, 0.717) is 11.7 Å². The van der Waals surface area contributed by atoms with Gasteiger partial charge in [-0.1, -0.05) is 41.1 Å². The monoisotopic (exact) mass is 358 g/mol. The summed E-state index contributed by atoms with van der Waals surface area (Å²) in [6, 6.07) is 13.9. The number of hydrogen-bond donors (Lipinski definition) is 0. The molecule has 0 amide bonds. The van der Waals surface area contributed by atoms with Gasteiger partial charge in [0.1, 0.15) is 5.75 Å². The predicted octanol–water partition coefficient (Wildman–Crippen LogP) is 4.69. The molecular weight excluding hydrogens is 344 g/mol.